The van der Waals surface area contributed by atoms with Crippen LogP contribution >= 0.6 is 0 Å². The normalized spacial score (nSPS) is 17.2. The first-order chi connectivity index (χ1) is 25.2. The smallest absolute Gasteiger partial charge is 0.441 e. The van der Waals surface area contributed by atoms with Crippen LogP contribution in [0.5, 0.6) is 0 Å². The maximum absolute atomic E-state index is 7.99. The summed E-state index contributed by atoms with van der Waals surface area (Å²) < 4.78 is 91.9. The first kappa shape index (κ1) is 61.0. The molecule has 0 aromatic rings. The van der Waals surface area contributed by atoms with E-state index in [1.165, 1.54) is 0 Å². The van der Waals surface area contributed by atoms with Gasteiger partial charge < -0.3 is 49.4 Å². The summed E-state index contributed by atoms with van der Waals surface area (Å²) >= 11 is 0. The minimum atomic E-state index is -4.23. The standard InChI is InChI=1S/C30H93O12Si16/c1-29-30-55(56(37-49(11,12)13,38-50(14,15)16)34-43-31-46(2,3)4,57(39-51(17,18)19,40-52(20,21)22)35-44-32-47(5,6)7)58(41-53(23,24)25,42-54(26,27)28)36-45-33-48(8,9)10/h1,29-30,43-45H2,2-28H3. The summed E-state index contributed by atoms with van der Waals surface area (Å²) in [6.45, 7) is 60.6. The van der Waals surface area contributed by atoms with E-state index in [0.29, 0.717) is 12.5 Å². The predicted molar refractivity (Wildman–Crippen MR) is 287 cm³/mol. The third kappa shape index (κ3) is 22.5. The van der Waals surface area contributed by atoms with Gasteiger partial charge in [-0.2, -0.15) is 0 Å². The zero-order valence-corrected chi connectivity index (χ0v) is 59.9. The molecule has 349 valence electrons. The van der Waals surface area contributed by atoms with Gasteiger partial charge in [-0.25, -0.2) is 0 Å². The average molecular weight is 1100 g/mol. The molecule has 0 aromatic carbocycles. The first-order valence-electron chi connectivity index (χ1n) is 21.0. The molecule has 0 bridgehead atoms. The van der Waals surface area contributed by atoms with Crippen LogP contribution in [0.2, 0.25) is 183 Å². The average Bonchev–Trinajstić information content (AvgIpc) is 2.83. The molecule has 0 fully saturated rings. The van der Waals surface area contributed by atoms with Gasteiger partial charge in [0.15, 0.2) is 74.9 Å². The Morgan fingerprint density at radius 1 is 0.276 bits per heavy atom. The van der Waals surface area contributed by atoms with Crippen molar-refractivity contribution in [2.75, 3.05) is 0 Å². The predicted octanol–water partition coefficient (Wildman–Crippen LogP) is 8.42. The van der Waals surface area contributed by atoms with Gasteiger partial charge >= 0.3 is 31.6 Å². The summed E-state index contributed by atoms with van der Waals surface area (Å²) in [5, 5.41) is 0. The molecule has 0 aliphatic heterocycles. The quantitative estimate of drug-likeness (QED) is 0.0672. The second kappa shape index (κ2) is 21.7. The van der Waals surface area contributed by atoms with Gasteiger partial charge in [-0.1, -0.05) is 13.3 Å². The van der Waals surface area contributed by atoms with E-state index in [2.05, 4.69) is 184 Å². The molecule has 58 heavy (non-hydrogen) atoms. The van der Waals surface area contributed by atoms with Crippen LogP contribution in [-0.4, -0.2) is 136 Å². The van der Waals surface area contributed by atoms with Crippen LogP contribution in [0.25, 0.3) is 0 Å². The molecule has 0 aliphatic rings. The van der Waals surface area contributed by atoms with Crippen molar-refractivity contribution in [3.8, 4) is 0 Å². The van der Waals surface area contributed by atoms with Crippen molar-refractivity contribution in [1.82, 2.24) is 0 Å². The van der Waals surface area contributed by atoms with Crippen molar-refractivity contribution in [3.63, 3.8) is 0 Å². The van der Waals surface area contributed by atoms with Gasteiger partial charge in [0.25, 0.3) is 30.0 Å². The number of rotatable bonds is 29. The monoisotopic (exact) mass is 1090 g/mol. The molecule has 28 heteroatoms. The van der Waals surface area contributed by atoms with E-state index in [0.717, 1.165) is 0 Å². The summed E-state index contributed by atoms with van der Waals surface area (Å²) in [6.07, 6.45) is 0.502. The highest BCUT2D eigenvalue weighted by molar-refractivity contribution is 7.84. The molecule has 0 aliphatic carbocycles. The van der Waals surface area contributed by atoms with Crippen LogP contribution in [0, 0.1) is 6.92 Å². The van der Waals surface area contributed by atoms with Crippen LogP contribution in [-0.2, 0) is 49.4 Å². The highest BCUT2D eigenvalue weighted by Gasteiger charge is 2.92. The minimum absolute atomic E-state index is 0.501. The van der Waals surface area contributed by atoms with E-state index in [1.807, 2.05) is 0 Å². The van der Waals surface area contributed by atoms with Crippen LogP contribution in [0.4, 0.5) is 0 Å². The molecule has 0 amide bonds. The fourth-order valence-electron chi connectivity index (χ4n) is 5.69. The Hall–Kier alpha value is 2.99. The zero-order chi connectivity index (χ0) is 46.5. The van der Waals surface area contributed by atoms with Crippen molar-refractivity contribution in [3.05, 3.63) is 6.92 Å². The molecule has 12 nitrogen and oxygen atoms in total. The Balaban J connectivity index is 10.1. The highest BCUT2D eigenvalue weighted by atomic mass is 30.0. The molecular weight excluding hydrogens is 1000 g/mol. The van der Waals surface area contributed by atoms with Gasteiger partial charge in [-0.05, 0) is 183 Å². The molecule has 0 N–H and O–H groups in total. The van der Waals surface area contributed by atoms with Gasteiger partial charge in [0, 0.05) is 0 Å². The van der Waals surface area contributed by atoms with Gasteiger partial charge in [-0.3, -0.25) is 0 Å². The second-order valence-electron chi connectivity index (χ2n) is 24.0. The van der Waals surface area contributed by atoms with Crippen LogP contribution in [0.15, 0.2) is 0 Å². The molecular formula is C30H93O12Si16. The first-order valence-corrected chi connectivity index (χ1v) is 65.5. The molecule has 0 unspecified atom stereocenters. The second-order valence-corrected chi connectivity index (χ2v) is 97.9. The van der Waals surface area contributed by atoms with E-state index in [1.54, 1.807) is 0 Å². The molecule has 0 rings (SSSR count). The van der Waals surface area contributed by atoms with Gasteiger partial charge in [0.05, 0.1) is 0 Å². The lowest BCUT2D eigenvalue weighted by Gasteiger charge is -2.61. The Kier molecular flexibility index (Phi) is 22.9. The highest BCUT2D eigenvalue weighted by Crippen LogP contribution is 2.50. The van der Waals surface area contributed by atoms with Crippen molar-refractivity contribution in [2.24, 2.45) is 0 Å². The minimum Gasteiger partial charge on any atom is -0.441 e. The number of hydrogen-bond donors (Lipinski definition) is 0. The van der Waals surface area contributed by atoms with E-state index in [4.69, 9.17) is 49.4 Å². The van der Waals surface area contributed by atoms with Crippen molar-refractivity contribution in [1.29, 1.82) is 0 Å². The fraction of sp³-hybridized carbons (Fsp3) is 0.967. The summed E-state index contributed by atoms with van der Waals surface area (Å²) in [6, 6.07) is 0.501. The number of hydrogen-bond acceptors (Lipinski definition) is 12. The lowest BCUT2D eigenvalue weighted by atomic mass is 10.6. The lowest BCUT2D eigenvalue weighted by molar-refractivity contribution is 0.241. The van der Waals surface area contributed by atoms with Crippen molar-refractivity contribution in [2.45, 2.75) is 189 Å². The third-order valence-corrected chi connectivity index (χ3v) is 87.8. The van der Waals surface area contributed by atoms with Crippen LogP contribution in [0.3, 0.4) is 0 Å². The summed E-state index contributed by atoms with van der Waals surface area (Å²) in [5.74, 6) is 0. The van der Waals surface area contributed by atoms with Crippen LogP contribution in [0.1, 0.15) is 6.42 Å². The maximum atomic E-state index is 7.99. The molecule has 0 saturated carbocycles. The molecule has 0 atom stereocenters. The Bertz CT molecular complexity index is 1050. The van der Waals surface area contributed by atoms with Gasteiger partial charge in [0.2, 0.25) is 0 Å². The van der Waals surface area contributed by atoms with Crippen molar-refractivity contribution >= 4 is 136 Å². The van der Waals surface area contributed by atoms with E-state index in [-0.39, 0.29) is 0 Å². The molecule has 0 spiro atoms. The van der Waals surface area contributed by atoms with E-state index in [9.17, 15) is 0 Å². The summed E-state index contributed by atoms with van der Waals surface area (Å²) in [5.41, 5.74) is 0. The van der Waals surface area contributed by atoms with Gasteiger partial charge in [-0.15, -0.1) is 0 Å². The van der Waals surface area contributed by atoms with Crippen molar-refractivity contribution < 1.29 is 49.4 Å². The maximum Gasteiger partial charge on any atom is 0.453 e. The Morgan fingerprint density at radius 2 is 0.448 bits per heavy atom. The van der Waals surface area contributed by atoms with E-state index >= 15 is 0 Å². The van der Waals surface area contributed by atoms with Gasteiger partial charge in [0.1, 0.15) is 0 Å². The molecule has 1 radical (unpaired) electrons. The third-order valence-electron chi connectivity index (χ3n) is 6.99. The molecule has 0 heterocycles. The molecule has 0 aromatic heterocycles. The Morgan fingerprint density at radius 3 is 0.569 bits per heavy atom. The SMILES string of the molecule is [CH2]CC[Si]([Si](O[SiH2]O[Si](C)(C)C)(O[Si](C)(C)C)O[Si](C)(C)C)([Si](O[SiH2]O[Si](C)(C)C)(O[Si](C)(C)C)O[Si](C)(C)C)[Si](O[SiH2]O[Si](C)(C)C)(O[Si](C)(C)C)O[Si](C)(C)C. The fourth-order valence-corrected chi connectivity index (χ4v) is 130. The van der Waals surface area contributed by atoms with Crippen LogP contribution < -0.4 is 0 Å². The summed E-state index contributed by atoms with van der Waals surface area (Å²) in [7, 11) is -39.6. The van der Waals surface area contributed by atoms with E-state index < -0.39 is 136 Å². The lowest BCUT2D eigenvalue weighted by Crippen LogP contribution is -2.98. The topological polar surface area (TPSA) is 111 Å². The largest absolute Gasteiger partial charge is 0.453 e. The zero-order valence-electron chi connectivity index (χ0n) is 42.6. The Labute approximate surface area is 379 Å². The summed E-state index contributed by atoms with van der Waals surface area (Å²) in [4.78, 5) is 0. The molecule has 0 saturated heterocycles.